The molecule has 9 aliphatic rings. The largest absolute Gasteiger partial charge is 0.394 e. The van der Waals surface area contributed by atoms with Gasteiger partial charge in [-0.15, -0.1) is 0 Å². The van der Waals surface area contributed by atoms with Crippen LogP contribution in [0.25, 0.3) is 0 Å². The molecule has 8 fully saturated rings. The first kappa shape index (κ1) is 57.5. The highest BCUT2D eigenvalue weighted by Crippen LogP contribution is 2.70. The summed E-state index contributed by atoms with van der Waals surface area (Å²) in [6.45, 7) is 11.1. The molecule has 0 aromatic rings. The van der Waals surface area contributed by atoms with Crippen LogP contribution in [-0.4, -0.2) is 229 Å². The fourth-order valence-corrected chi connectivity index (χ4v) is 15.2. The molecule has 22 nitrogen and oxygen atoms in total. The first-order chi connectivity index (χ1) is 35.0. The summed E-state index contributed by atoms with van der Waals surface area (Å²) < 4.78 is 61.9. The van der Waals surface area contributed by atoms with Gasteiger partial charge >= 0.3 is 0 Å². The molecule has 0 aromatic carbocycles. The van der Waals surface area contributed by atoms with Gasteiger partial charge in [-0.1, -0.05) is 39.3 Å². The lowest BCUT2D eigenvalue weighted by molar-refractivity contribution is -0.393. The summed E-state index contributed by atoms with van der Waals surface area (Å²) in [7, 11) is 1.72. The summed E-state index contributed by atoms with van der Waals surface area (Å²) in [5.74, 6) is 0.851. The van der Waals surface area contributed by atoms with Crippen molar-refractivity contribution < 1.29 is 109 Å². The van der Waals surface area contributed by atoms with Gasteiger partial charge < -0.3 is 109 Å². The summed E-state index contributed by atoms with van der Waals surface area (Å²) in [4.78, 5) is 0. The fraction of sp³-hybridized carbons (Fsp3) is 0.962. The normalized spacial score (nSPS) is 54.9. The number of aliphatic hydroxyl groups is 12. The lowest BCUT2D eigenvalue weighted by Gasteiger charge is -2.58. The van der Waals surface area contributed by atoms with Gasteiger partial charge in [0, 0.05) is 19.4 Å². The molecule has 12 N–H and O–H groups in total. The predicted molar refractivity (Wildman–Crippen MR) is 254 cm³/mol. The maximum atomic E-state index is 11.6. The van der Waals surface area contributed by atoms with Crippen molar-refractivity contribution in [1.82, 2.24) is 0 Å². The Morgan fingerprint density at radius 1 is 0.649 bits per heavy atom. The molecule has 74 heavy (non-hydrogen) atoms. The van der Waals surface area contributed by atoms with E-state index < -0.39 is 148 Å². The van der Waals surface area contributed by atoms with Crippen molar-refractivity contribution in [2.75, 3.05) is 26.9 Å². The Balaban J connectivity index is 0.868. The van der Waals surface area contributed by atoms with E-state index in [1.165, 1.54) is 19.4 Å². The first-order valence-corrected chi connectivity index (χ1v) is 27.2. The predicted octanol–water partition coefficient (Wildman–Crippen LogP) is -1.33. The van der Waals surface area contributed by atoms with Crippen LogP contribution in [0.15, 0.2) is 11.6 Å². The second kappa shape index (κ2) is 22.4. The zero-order chi connectivity index (χ0) is 53.5. The molecule has 22 heteroatoms. The maximum absolute atomic E-state index is 11.6. The van der Waals surface area contributed by atoms with E-state index in [-0.39, 0.29) is 41.3 Å². The molecule has 0 spiro atoms. The molecule has 4 aliphatic carbocycles. The fourth-order valence-electron chi connectivity index (χ4n) is 15.2. The minimum atomic E-state index is -1.77. The molecule has 5 saturated heterocycles. The Morgan fingerprint density at radius 3 is 1.85 bits per heavy atom. The van der Waals surface area contributed by atoms with Crippen molar-refractivity contribution in [2.45, 2.75) is 240 Å². The van der Waals surface area contributed by atoms with Crippen molar-refractivity contribution in [3.05, 3.63) is 11.6 Å². The maximum Gasteiger partial charge on any atom is 0.187 e. The molecule has 0 amide bonds. The van der Waals surface area contributed by atoms with Crippen LogP contribution < -0.4 is 0 Å². The van der Waals surface area contributed by atoms with E-state index in [1.807, 2.05) is 6.92 Å². The number of hydrogen-bond donors (Lipinski definition) is 12. The summed E-state index contributed by atoms with van der Waals surface area (Å²) >= 11 is 0. The van der Waals surface area contributed by atoms with Crippen LogP contribution in [0.3, 0.4) is 0 Å². The summed E-state index contributed by atoms with van der Waals surface area (Å²) in [5.41, 5.74) is 1.17. The average molecular weight is 1060 g/mol. The van der Waals surface area contributed by atoms with Crippen molar-refractivity contribution in [1.29, 1.82) is 0 Å². The third-order valence-corrected chi connectivity index (χ3v) is 19.8. The van der Waals surface area contributed by atoms with Gasteiger partial charge in [-0.2, -0.15) is 0 Å². The molecule has 0 aromatic heterocycles. The van der Waals surface area contributed by atoms with Gasteiger partial charge in [-0.05, 0) is 106 Å². The number of methoxy groups -OCH3 is 1. The molecule has 0 unspecified atom stereocenters. The molecule has 0 bridgehead atoms. The molecule has 31 atom stereocenters. The van der Waals surface area contributed by atoms with Crippen molar-refractivity contribution >= 4 is 0 Å². The van der Waals surface area contributed by atoms with Crippen LogP contribution in [0.4, 0.5) is 0 Å². The zero-order valence-corrected chi connectivity index (χ0v) is 43.7. The average Bonchev–Trinajstić information content (AvgIpc) is 3.84. The molecule has 5 heterocycles. The highest BCUT2D eigenvalue weighted by atomic mass is 16.8. The Kier molecular flexibility index (Phi) is 17.4. The van der Waals surface area contributed by atoms with E-state index in [9.17, 15) is 61.3 Å². The standard InChI is InChI=1S/C52H86O22/c1-21(20-66-46-41(62)40(61)36(57)31(18-53)70-46)10-15-52(65-7)22(2)33-30(74-52)17-29-27-9-8-25-16-26(11-13-50(25,5)28(27)12-14-51(29,33)6)69-49-45(73-48-43(64)39(60)35(56)24(4)68-48)44(37(58)32(19-54)71-49)72-47-42(63)38(59)34(55)23(3)67-47/h8,21-24,26-49,53-64H,9-20H2,1-7H3/t21-,22+,23+,24+,26+,27-,28+,29+,30+,31-,32-,33+,34+,35+,36-,37-,38-,39-,40+,41-,42-,43-,44+,45-,46-,47+,48+,49-,50+,51+,52-/m1/s1. The minimum Gasteiger partial charge on any atom is -0.394 e. The van der Waals surface area contributed by atoms with E-state index in [2.05, 4.69) is 26.8 Å². The van der Waals surface area contributed by atoms with E-state index in [0.29, 0.717) is 43.4 Å². The van der Waals surface area contributed by atoms with Gasteiger partial charge in [0.25, 0.3) is 0 Å². The molecule has 3 saturated carbocycles. The van der Waals surface area contributed by atoms with Crippen LogP contribution >= 0.6 is 0 Å². The number of fused-ring (bicyclic) bond motifs is 7. The van der Waals surface area contributed by atoms with Gasteiger partial charge in [0.2, 0.25) is 0 Å². The van der Waals surface area contributed by atoms with Crippen molar-refractivity contribution in [3.8, 4) is 0 Å². The molecule has 9 rings (SSSR count). The van der Waals surface area contributed by atoms with E-state index in [0.717, 1.165) is 32.1 Å². The Morgan fingerprint density at radius 2 is 1.23 bits per heavy atom. The summed E-state index contributed by atoms with van der Waals surface area (Å²) in [5, 5.41) is 127. The van der Waals surface area contributed by atoms with Crippen LogP contribution in [0.1, 0.15) is 99.3 Å². The van der Waals surface area contributed by atoms with E-state index in [4.69, 9.17) is 47.4 Å². The van der Waals surface area contributed by atoms with Gasteiger partial charge in [-0.25, -0.2) is 0 Å². The SMILES string of the molecule is CO[C@]1(CC[C@@H](C)CO[C@@H]2O[C@H](CO)[C@@H](O)[C@H](O)[C@H]2O)O[C@H]2C[C@H]3[C@@H]4CC=C5C[C@@H](O[C@@H]6O[C@H](CO)[C@@H](O)[C@H](O[C@@H]7O[C@@H](C)[C@H](O)[C@@H](O)[C@H]7O)[C@H]6O[C@@H]6O[C@@H](C)[C@H](O)[C@@H](O)[C@H]6O)CC[C@]5(C)[C@H]4CC[C@]3(C)[C@H]2[C@@H]1C. The van der Waals surface area contributed by atoms with E-state index >= 15 is 0 Å². The zero-order valence-electron chi connectivity index (χ0n) is 43.7. The van der Waals surface area contributed by atoms with E-state index in [1.54, 1.807) is 7.11 Å². The topological polar surface area (TPSA) is 335 Å². The molecular weight excluding hydrogens is 977 g/mol. The number of ether oxygens (including phenoxy) is 10. The molecule has 426 valence electrons. The van der Waals surface area contributed by atoms with Crippen LogP contribution in [0.5, 0.6) is 0 Å². The second-order valence-corrected chi connectivity index (χ2v) is 24.0. The number of hydrogen-bond acceptors (Lipinski definition) is 22. The number of aliphatic hydroxyl groups excluding tert-OH is 12. The molecular formula is C52H86O22. The van der Waals surface area contributed by atoms with Crippen molar-refractivity contribution in [3.63, 3.8) is 0 Å². The smallest absolute Gasteiger partial charge is 0.187 e. The Hall–Kier alpha value is -1.14. The Bertz CT molecular complexity index is 1920. The summed E-state index contributed by atoms with van der Waals surface area (Å²) in [6, 6.07) is 0. The number of rotatable bonds is 15. The monoisotopic (exact) mass is 1060 g/mol. The molecule has 5 aliphatic heterocycles. The lowest BCUT2D eigenvalue weighted by Crippen LogP contribution is -2.67. The highest BCUT2D eigenvalue weighted by molar-refractivity contribution is 5.26. The highest BCUT2D eigenvalue weighted by Gasteiger charge is 2.68. The quantitative estimate of drug-likeness (QED) is 0.0846. The third-order valence-electron chi connectivity index (χ3n) is 19.8. The number of allylic oxidation sites excluding steroid dienone is 1. The minimum absolute atomic E-state index is 0.00261. The molecule has 0 radical (unpaired) electrons. The van der Waals surface area contributed by atoms with Gasteiger partial charge in [0.05, 0.1) is 44.2 Å². The third kappa shape index (κ3) is 10.1. The van der Waals surface area contributed by atoms with Crippen LogP contribution in [0.2, 0.25) is 0 Å². The van der Waals surface area contributed by atoms with Gasteiger partial charge in [0.15, 0.2) is 30.9 Å². The van der Waals surface area contributed by atoms with Crippen LogP contribution in [0, 0.1) is 46.3 Å². The summed E-state index contributed by atoms with van der Waals surface area (Å²) in [6.07, 6.45) is -19.7. The second-order valence-electron chi connectivity index (χ2n) is 24.0. The van der Waals surface area contributed by atoms with Gasteiger partial charge in [0.1, 0.15) is 85.5 Å². The lowest BCUT2D eigenvalue weighted by atomic mass is 9.47. The van der Waals surface area contributed by atoms with Crippen molar-refractivity contribution in [2.24, 2.45) is 46.3 Å². The van der Waals surface area contributed by atoms with Gasteiger partial charge in [-0.3, -0.25) is 0 Å². The van der Waals surface area contributed by atoms with Crippen LogP contribution in [-0.2, 0) is 47.4 Å². The first-order valence-electron chi connectivity index (χ1n) is 27.2. The Labute approximate surface area is 432 Å².